The number of fused-ring (bicyclic) bond motifs is 13. The summed E-state index contributed by atoms with van der Waals surface area (Å²) >= 11 is 5.65. The Morgan fingerprint density at radius 2 is 0.870 bits per heavy atom. The number of rotatable bonds is 5. The normalized spacial score (nSPS) is 14.8. The van der Waals surface area contributed by atoms with Crippen LogP contribution in [0, 0.1) is 0 Å². The van der Waals surface area contributed by atoms with Crippen LogP contribution < -0.4 is 9.64 Å². The van der Waals surface area contributed by atoms with Crippen LogP contribution in [0.4, 0.5) is 17.1 Å². The summed E-state index contributed by atoms with van der Waals surface area (Å²) in [6, 6.07) is 74.0. The van der Waals surface area contributed by atoms with Crippen molar-refractivity contribution >= 4 is 63.1 Å². The van der Waals surface area contributed by atoms with Crippen molar-refractivity contribution < 1.29 is 4.74 Å². The molecule has 0 bridgehead atoms. The van der Waals surface area contributed by atoms with Crippen molar-refractivity contribution in [2.45, 2.75) is 67.9 Å². The lowest BCUT2D eigenvalue weighted by molar-refractivity contribution is 0.457. The maximum Gasteiger partial charge on any atom is 0.149 e. The van der Waals surface area contributed by atoms with Gasteiger partial charge in [0, 0.05) is 63.9 Å². The van der Waals surface area contributed by atoms with E-state index in [1.54, 1.807) is 11.8 Å². The van der Waals surface area contributed by atoms with E-state index in [4.69, 9.17) is 4.74 Å². The van der Waals surface area contributed by atoms with Crippen molar-refractivity contribution in [1.29, 1.82) is 0 Å². The summed E-state index contributed by atoms with van der Waals surface area (Å²) in [4.78, 5) is 10.0. The van der Waals surface area contributed by atoms with E-state index in [1.807, 2.05) is 23.5 Å². The number of anilines is 3. The van der Waals surface area contributed by atoms with Gasteiger partial charge in [0.25, 0.3) is 0 Å². The van der Waals surface area contributed by atoms with E-state index in [0.717, 1.165) is 49.5 Å². The van der Waals surface area contributed by atoms with Gasteiger partial charge in [-0.05, 0) is 110 Å². The predicted octanol–water partition coefficient (Wildman–Crippen LogP) is 19.1. The Morgan fingerprint density at radius 3 is 1.59 bits per heavy atom. The fourth-order valence-corrected chi connectivity index (χ4v) is 15.1. The van der Waals surface area contributed by atoms with Crippen molar-refractivity contribution in [1.82, 2.24) is 0 Å². The highest BCUT2D eigenvalue weighted by atomic mass is 32.2. The lowest BCUT2D eigenvalue weighted by Crippen LogP contribution is -2.15. The Balaban J connectivity index is 0.830. The zero-order valence-electron chi connectivity index (χ0n) is 38.6. The highest BCUT2D eigenvalue weighted by Crippen LogP contribution is 2.62. The predicted molar refractivity (Wildman–Crippen MR) is 290 cm³/mol. The molecule has 2 aliphatic carbocycles. The van der Waals surface area contributed by atoms with Crippen LogP contribution in [-0.4, -0.2) is 0 Å². The molecule has 69 heavy (non-hydrogen) atoms. The Bertz CT molecular complexity index is 3580. The van der Waals surface area contributed by atoms with Gasteiger partial charge >= 0.3 is 0 Å². The molecule has 5 heteroatoms. The minimum atomic E-state index is -0.0983. The zero-order valence-corrected chi connectivity index (χ0v) is 41.1. The van der Waals surface area contributed by atoms with Gasteiger partial charge in [0.2, 0.25) is 0 Å². The molecule has 0 aromatic heterocycles. The molecule has 0 saturated carbocycles. The molecule has 0 atom stereocenters. The lowest BCUT2D eigenvalue weighted by Gasteiger charge is -2.28. The van der Waals surface area contributed by atoms with Crippen molar-refractivity contribution in [2.75, 3.05) is 4.90 Å². The second-order valence-electron chi connectivity index (χ2n) is 19.6. The Hall–Kier alpha value is -6.89. The lowest BCUT2D eigenvalue weighted by atomic mass is 9.82. The van der Waals surface area contributed by atoms with Gasteiger partial charge in [-0.1, -0.05) is 209 Å². The Labute approximate surface area is 416 Å². The summed E-state index contributed by atoms with van der Waals surface area (Å²) in [5.74, 6) is 1.88. The first kappa shape index (κ1) is 41.1. The van der Waals surface area contributed by atoms with Crippen molar-refractivity contribution in [3.8, 4) is 56.0 Å². The van der Waals surface area contributed by atoms with Gasteiger partial charge in [0.05, 0.1) is 15.5 Å². The number of nitrogens with zero attached hydrogens (tertiary/aromatic N) is 1. The number of hydrogen-bond donors (Lipinski definition) is 0. The smallest absolute Gasteiger partial charge is 0.149 e. The average molecular weight is 940 g/mol. The Morgan fingerprint density at radius 1 is 0.362 bits per heavy atom. The summed E-state index contributed by atoms with van der Waals surface area (Å²) in [5, 5.41) is 2.41. The van der Waals surface area contributed by atoms with Crippen LogP contribution >= 0.6 is 35.3 Å². The van der Waals surface area contributed by atoms with E-state index in [0.29, 0.717) is 0 Å². The molecule has 330 valence electrons. The largest absolute Gasteiger partial charge is 0.454 e. The summed E-state index contributed by atoms with van der Waals surface area (Å²) < 4.78 is 7.13. The fourth-order valence-electron chi connectivity index (χ4n) is 11.6. The van der Waals surface area contributed by atoms with Crippen molar-refractivity contribution in [3.63, 3.8) is 0 Å². The van der Waals surface area contributed by atoms with E-state index >= 15 is 0 Å². The highest BCUT2D eigenvalue weighted by molar-refractivity contribution is 8.05. The Kier molecular flexibility index (Phi) is 9.12. The molecule has 0 N–H and O–H groups in total. The molecule has 2 nitrogen and oxygen atoms in total. The van der Waals surface area contributed by atoms with Gasteiger partial charge in [0.15, 0.2) is 0 Å². The molecule has 2 heterocycles. The maximum absolute atomic E-state index is 7.13. The number of ether oxygens (including phenoxy) is 1. The molecule has 0 radical (unpaired) electrons. The third-order valence-corrected chi connectivity index (χ3v) is 18.7. The van der Waals surface area contributed by atoms with E-state index < -0.39 is 0 Å². The quantitative estimate of drug-likeness (QED) is 0.170. The van der Waals surface area contributed by atoms with Gasteiger partial charge in [0.1, 0.15) is 11.5 Å². The average Bonchev–Trinajstić information content (AvgIpc) is 3.77. The van der Waals surface area contributed by atoms with Crippen LogP contribution in [0.2, 0.25) is 0 Å². The third-order valence-electron chi connectivity index (χ3n) is 15.0. The van der Waals surface area contributed by atoms with Crippen LogP contribution in [0.25, 0.3) is 55.3 Å². The first-order chi connectivity index (χ1) is 33.7. The van der Waals surface area contributed by atoms with E-state index in [2.05, 4.69) is 233 Å². The molecule has 10 aromatic rings. The van der Waals surface area contributed by atoms with Gasteiger partial charge in [-0.3, -0.25) is 0 Å². The van der Waals surface area contributed by atoms with Crippen LogP contribution in [0.3, 0.4) is 0 Å². The standard InChI is InChI=1S/C64H45NOS3/c1-63(2)48-21-9-7-17-46(48)57-50(63)34-36-54-60(57)66-59-44(19-12-24-53(59)67-54)39-26-30-41(31-27-39)65(52-23-11-15-38-14-5-6-16-43(38)52)42-32-28-40(29-33-42)45-20-13-25-55-61(45)69-62-56(68-55)37-35-51-58(62)47-18-8-10-22-49(47)64(51,3)4/h5-37H,1-4H3. The highest BCUT2D eigenvalue weighted by Gasteiger charge is 2.41. The molecule has 0 amide bonds. The molecular weight excluding hydrogens is 895 g/mol. The number of benzene rings is 10. The van der Waals surface area contributed by atoms with Crippen LogP contribution in [0.15, 0.2) is 230 Å². The monoisotopic (exact) mass is 939 g/mol. The van der Waals surface area contributed by atoms with Crippen LogP contribution in [0.5, 0.6) is 11.5 Å². The minimum absolute atomic E-state index is 0.0362. The SMILES string of the molecule is CC1(C)c2ccccc2-c2c1ccc1c2Oc2c(cccc2-c2ccc(N(c3ccc(-c4cccc5c4Sc4c(ccc6c4-c4ccccc4C6(C)C)S5)cc3)c3cccc4ccccc34)cc2)S1. The van der Waals surface area contributed by atoms with Crippen molar-refractivity contribution in [3.05, 3.63) is 222 Å². The summed E-state index contributed by atoms with van der Waals surface area (Å²) in [6.45, 7) is 9.39. The maximum atomic E-state index is 7.13. The molecule has 4 aliphatic rings. The van der Waals surface area contributed by atoms with E-state index in [9.17, 15) is 0 Å². The van der Waals surface area contributed by atoms with Gasteiger partial charge < -0.3 is 9.64 Å². The second kappa shape index (κ2) is 15.3. The molecule has 0 unspecified atom stereocenters. The van der Waals surface area contributed by atoms with E-state index in [1.165, 1.54) is 86.0 Å². The van der Waals surface area contributed by atoms with Gasteiger partial charge in [-0.2, -0.15) is 0 Å². The summed E-state index contributed by atoms with van der Waals surface area (Å²) in [6.07, 6.45) is 0. The summed E-state index contributed by atoms with van der Waals surface area (Å²) in [7, 11) is 0. The second-order valence-corrected chi connectivity index (χ2v) is 22.8. The molecule has 10 aromatic carbocycles. The van der Waals surface area contributed by atoms with Crippen molar-refractivity contribution in [2.24, 2.45) is 0 Å². The zero-order chi connectivity index (χ0) is 46.2. The first-order valence-corrected chi connectivity index (χ1v) is 26.2. The molecule has 2 aliphatic heterocycles. The van der Waals surface area contributed by atoms with Crippen LogP contribution in [-0.2, 0) is 10.8 Å². The summed E-state index contributed by atoms with van der Waals surface area (Å²) in [5.41, 5.74) is 18.6. The number of hydrogen-bond acceptors (Lipinski definition) is 5. The third kappa shape index (κ3) is 6.16. The molecule has 14 rings (SSSR count). The van der Waals surface area contributed by atoms with Gasteiger partial charge in [-0.15, -0.1) is 0 Å². The molecular formula is C64H45NOS3. The topological polar surface area (TPSA) is 12.5 Å². The van der Waals surface area contributed by atoms with E-state index in [-0.39, 0.29) is 10.8 Å². The molecule has 0 spiro atoms. The van der Waals surface area contributed by atoms with Gasteiger partial charge in [-0.25, -0.2) is 0 Å². The molecule has 0 saturated heterocycles. The van der Waals surface area contributed by atoms with Crippen LogP contribution in [0.1, 0.15) is 49.9 Å². The number of para-hydroxylation sites is 1. The fraction of sp³-hybridized carbons (Fsp3) is 0.0938. The molecule has 0 fully saturated rings. The minimum Gasteiger partial charge on any atom is -0.454 e. The first-order valence-electron chi connectivity index (χ1n) is 23.7.